The van der Waals surface area contributed by atoms with Crippen molar-refractivity contribution in [1.29, 1.82) is 0 Å². The van der Waals surface area contributed by atoms with Crippen LogP contribution < -0.4 is 15.8 Å². The summed E-state index contributed by atoms with van der Waals surface area (Å²) < 4.78 is 6.10. The number of halogens is 1. The number of amidine groups is 1. The molecular weight excluding hydrogens is 298 g/mol. The first-order valence-corrected chi connectivity index (χ1v) is 6.06. The first-order valence-electron chi connectivity index (χ1n) is 5.27. The van der Waals surface area contributed by atoms with Crippen LogP contribution in [0.5, 0.6) is 5.75 Å². The number of oxime groups is 1. The van der Waals surface area contributed by atoms with Gasteiger partial charge in [-0.05, 0) is 17.7 Å². The molecule has 5 nitrogen and oxygen atoms in total. The fourth-order valence-corrected chi connectivity index (χ4v) is 1.65. The molecule has 0 aliphatic carbocycles. The van der Waals surface area contributed by atoms with E-state index in [9.17, 15) is 0 Å². The van der Waals surface area contributed by atoms with Crippen LogP contribution in [0.3, 0.4) is 0 Å². The molecule has 6 heteroatoms. The number of benzene rings is 1. The molecule has 18 heavy (non-hydrogen) atoms. The van der Waals surface area contributed by atoms with Gasteiger partial charge in [0.1, 0.15) is 5.75 Å². The van der Waals surface area contributed by atoms with Gasteiger partial charge in [-0.15, -0.1) is 0 Å². The summed E-state index contributed by atoms with van der Waals surface area (Å²) in [6.45, 7) is 5.10. The SMILES string of the molecule is C=C(Br)CNCc1ccc(/C(N)=N/O)c(OC)c1. The van der Waals surface area contributed by atoms with E-state index in [1.54, 1.807) is 13.2 Å². The molecule has 0 unspecified atom stereocenters. The zero-order valence-corrected chi connectivity index (χ0v) is 11.7. The molecule has 0 radical (unpaired) electrons. The molecule has 0 aliphatic heterocycles. The van der Waals surface area contributed by atoms with Crippen LogP contribution >= 0.6 is 15.9 Å². The second-order valence-electron chi connectivity index (χ2n) is 3.64. The summed E-state index contributed by atoms with van der Waals surface area (Å²) in [4.78, 5) is 0. The summed E-state index contributed by atoms with van der Waals surface area (Å²) in [5.41, 5.74) is 7.15. The minimum absolute atomic E-state index is 0.0280. The topological polar surface area (TPSA) is 79.9 Å². The third-order valence-electron chi connectivity index (χ3n) is 2.30. The number of ether oxygens (including phenoxy) is 1. The van der Waals surface area contributed by atoms with Crippen molar-refractivity contribution in [3.05, 3.63) is 40.4 Å². The maximum atomic E-state index is 8.66. The summed E-state index contributed by atoms with van der Waals surface area (Å²) >= 11 is 3.27. The highest BCUT2D eigenvalue weighted by molar-refractivity contribution is 9.11. The van der Waals surface area contributed by atoms with Gasteiger partial charge in [0.15, 0.2) is 5.84 Å². The average Bonchev–Trinajstić information content (AvgIpc) is 2.37. The quantitative estimate of drug-likeness (QED) is 0.324. The number of methoxy groups -OCH3 is 1. The number of hydrogen-bond acceptors (Lipinski definition) is 4. The van der Waals surface area contributed by atoms with E-state index in [-0.39, 0.29) is 5.84 Å². The molecule has 0 saturated carbocycles. The van der Waals surface area contributed by atoms with E-state index < -0.39 is 0 Å². The van der Waals surface area contributed by atoms with E-state index in [0.29, 0.717) is 24.4 Å². The summed E-state index contributed by atoms with van der Waals surface area (Å²) in [7, 11) is 1.54. The van der Waals surface area contributed by atoms with Gasteiger partial charge in [0.2, 0.25) is 0 Å². The van der Waals surface area contributed by atoms with E-state index in [0.717, 1.165) is 10.0 Å². The summed E-state index contributed by atoms with van der Waals surface area (Å²) in [5, 5.41) is 14.8. The molecule has 0 saturated heterocycles. The molecule has 98 valence electrons. The number of rotatable bonds is 6. The van der Waals surface area contributed by atoms with Crippen LogP contribution in [-0.2, 0) is 6.54 Å². The Hall–Kier alpha value is -1.53. The van der Waals surface area contributed by atoms with Gasteiger partial charge < -0.3 is 21.0 Å². The number of nitrogens with one attached hydrogen (secondary N) is 1. The summed E-state index contributed by atoms with van der Waals surface area (Å²) in [5.74, 6) is 0.600. The van der Waals surface area contributed by atoms with Gasteiger partial charge in [-0.25, -0.2) is 0 Å². The molecule has 1 aromatic rings. The maximum absolute atomic E-state index is 8.66. The predicted octanol–water partition coefficient (Wildman–Crippen LogP) is 1.79. The van der Waals surface area contributed by atoms with E-state index in [1.165, 1.54) is 0 Å². The second kappa shape index (κ2) is 7.03. The molecule has 0 spiro atoms. The van der Waals surface area contributed by atoms with Gasteiger partial charge >= 0.3 is 0 Å². The molecule has 0 heterocycles. The van der Waals surface area contributed by atoms with E-state index in [2.05, 4.69) is 33.0 Å². The van der Waals surface area contributed by atoms with Crippen molar-refractivity contribution >= 4 is 21.8 Å². The van der Waals surface area contributed by atoms with Gasteiger partial charge in [-0.2, -0.15) is 0 Å². The highest BCUT2D eigenvalue weighted by Gasteiger charge is 2.08. The molecule has 1 rings (SSSR count). The first kappa shape index (κ1) is 14.5. The van der Waals surface area contributed by atoms with Crippen molar-refractivity contribution in [1.82, 2.24) is 5.32 Å². The maximum Gasteiger partial charge on any atom is 0.173 e. The first-order chi connectivity index (χ1) is 8.58. The fourth-order valence-electron chi connectivity index (χ4n) is 1.45. The van der Waals surface area contributed by atoms with Gasteiger partial charge in [-0.3, -0.25) is 0 Å². The van der Waals surface area contributed by atoms with Crippen LogP contribution in [-0.4, -0.2) is 24.7 Å². The Kier molecular flexibility index (Phi) is 5.67. The zero-order valence-electron chi connectivity index (χ0n) is 10.1. The molecule has 0 atom stereocenters. The molecule has 1 aromatic carbocycles. The lowest BCUT2D eigenvalue weighted by Gasteiger charge is -2.10. The Bertz CT molecular complexity index is 461. The molecule has 0 bridgehead atoms. The Balaban J connectivity index is 2.82. The van der Waals surface area contributed by atoms with E-state index in [4.69, 9.17) is 15.7 Å². The molecule has 0 aromatic heterocycles. The average molecular weight is 314 g/mol. The third-order valence-corrected chi connectivity index (χ3v) is 2.58. The van der Waals surface area contributed by atoms with Crippen LogP contribution in [0.25, 0.3) is 0 Å². The standard InChI is InChI=1S/C12H16BrN3O2/c1-8(13)6-15-7-9-3-4-10(12(14)16-17)11(5-9)18-2/h3-5,15,17H,1,6-7H2,2H3,(H2,14,16). The van der Waals surface area contributed by atoms with Crippen LogP contribution in [0.15, 0.2) is 34.4 Å². The Morgan fingerprint density at radius 1 is 1.61 bits per heavy atom. The molecular formula is C12H16BrN3O2. The van der Waals surface area contributed by atoms with Crippen LogP contribution in [0, 0.1) is 0 Å². The van der Waals surface area contributed by atoms with Crippen molar-refractivity contribution in [3.8, 4) is 5.75 Å². The van der Waals surface area contributed by atoms with Gasteiger partial charge in [0, 0.05) is 17.6 Å². The lowest BCUT2D eigenvalue weighted by Crippen LogP contribution is -2.16. The van der Waals surface area contributed by atoms with Crippen molar-refractivity contribution in [2.45, 2.75) is 6.54 Å². The predicted molar refractivity (Wildman–Crippen MR) is 75.3 cm³/mol. The number of nitrogens with zero attached hydrogens (tertiary/aromatic N) is 1. The Morgan fingerprint density at radius 3 is 2.89 bits per heavy atom. The van der Waals surface area contributed by atoms with Crippen molar-refractivity contribution in [3.63, 3.8) is 0 Å². The Morgan fingerprint density at radius 2 is 2.33 bits per heavy atom. The zero-order chi connectivity index (χ0) is 13.5. The van der Waals surface area contributed by atoms with Gasteiger partial charge in [0.25, 0.3) is 0 Å². The lowest BCUT2D eigenvalue weighted by molar-refractivity contribution is 0.318. The minimum atomic E-state index is 0.0280. The number of nitrogens with two attached hydrogens (primary N) is 1. The monoisotopic (exact) mass is 313 g/mol. The van der Waals surface area contributed by atoms with Crippen LogP contribution in [0.1, 0.15) is 11.1 Å². The lowest BCUT2D eigenvalue weighted by atomic mass is 10.1. The third kappa shape index (κ3) is 4.05. The summed E-state index contributed by atoms with van der Waals surface area (Å²) in [6, 6.07) is 5.49. The molecule has 4 N–H and O–H groups in total. The smallest absolute Gasteiger partial charge is 0.173 e. The molecule has 0 fully saturated rings. The van der Waals surface area contributed by atoms with E-state index in [1.807, 2.05) is 12.1 Å². The van der Waals surface area contributed by atoms with Crippen LogP contribution in [0.2, 0.25) is 0 Å². The van der Waals surface area contributed by atoms with E-state index >= 15 is 0 Å². The summed E-state index contributed by atoms with van der Waals surface area (Å²) in [6.07, 6.45) is 0. The van der Waals surface area contributed by atoms with Crippen molar-refractivity contribution in [2.24, 2.45) is 10.9 Å². The van der Waals surface area contributed by atoms with Crippen LogP contribution in [0.4, 0.5) is 0 Å². The highest BCUT2D eigenvalue weighted by Crippen LogP contribution is 2.20. The normalized spacial score (nSPS) is 11.3. The van der Waals surface area contributed by atoms with Crippen molar-refractivity contribution in [2.75, 3.05) is 13.7 Å². The largest absolute Gasteiger partial charge is 0.496 e. The molecule has 0 aliphatic rings. The minimum Gasteiger partial charge on any atom is -0.496 e. The van der Waals surface area contributed by atoms with Gasteiger partial charge in [0.05, 0.1) is 12.7 Å². The van der Waals surface area contributed by atoms with Gasteiger partial charge in [-0.1, -0.05) is 33.7 Å². The number of hydrogen-bond donors (Lipinski definition) is 3. The second-order valence-corrected chi connectivity index (χ2v) is 4.76. The molecule has 0 amide bonds. The van der Waals surface area contributed by atoms with Crippen molar-refractivity contribution < 1.29 is 9.94 Å². The highest BCUT2D eigenvalue weighted by atomic mass is 79.9. The fraction of sp³-hybridized carbons (Fsp3) is 0.250. The Labute approximate surface area is 114 Å².